The van der Waals surface area contributed by atoms with E-state index in [4.69, 9.17) is 9.47 Å². The van der Waals surface area contributed by atoms with Gasteiger partial charge in [-0.05, 0) is 36.2 Å². The normalized spacial score (nSPS) is 14.2. The van der Waals surface area contributed by atoms with E-state index >= 15 is 0 Å². The molecule has 0 unspecified atom stereocenters. The van der Waals surface area contributed by atoms with Crippen molar-refractivity contribution in [2.75, 3.05) is 43.6 Å². The lowest BCUT2D eigenvalue weighted by Gasteiger charge is -2.28. The number of anilines is 2. The van der Waals surface area contributed by atoms with Gasteiger partial charge in [0.2, 0.25) is 5.91 Å². The number of methoxy groups -OCH3 is 1. The molecule has 1 N–H and O–H groups in total. The number of hydrogen-bond acceptors (Lipinski definition) is 4. The van der Waals surface area contributed by atoms with E-state index in [0.29, 0.717) is 6.42 Å². The number of amides is 1. The van der Waals surface area contributed by atoms with Crippen LogP contribution in [0.25, 0.3) is 0 Å². The van der Waals surface area contributed by atoms with Gasteiger partial charge in [-0.25, -0.2) is 0 Å². The predicted octanol–water partition coefficient (Wildman–Crippen LogP) is 3.10. The van der Waals surface area contributed by atoms with E-state index in [2.05, 4.69) is 34.5 Å². The summed E-state index contributed by atoms with van der Waals surface area (Å²) in [6.45, 7) is 3.43. The molecule has 1 saturated heterocycles. The van der Waals surface area contributed by atoms with E-state index in [1.165, 1.54) is 5.69 Å². The number of carbonyl (C=O) groups excluding carboxylic acids is 1. The summed E-state index contributed by atoms with van der Waals surface area (Å²) in [5, 5.41) is 2.91. The van der Waals surface area contributed by atoms with Crippen LogP contribution in [0.5, 0.6) is 5.75 Å². The fourth-order valence-corrected chi connectivity index (χ4v) is 2.88. The molecule has 0 spiro atoms. The monoisotopic (exact) mass is 340 g/mol. The second-order valence-electron chi connectivity index (χ2n) is 6.05. The van der Waals surface area contributed by atoms with Gasteiger partial charge in [-0.1, -0.05) is 18.2 Å². The van der Waals surface area contributed by atoms with E-state index in [9.17, 15) is 4.79 Å². The van der Waals surface area contributed by atoms with Gasteiger partial charge in [0.15, 0.2) is 0 Å². The number of hydrogen-bond donors (Lipinski definition) is 1. The van der Waals surface area contributed by atoms with Gasteiger partial charge < -0.3 is 19.7 Å². The maximum atomic E-state index is 12.1. The zero-order valence-corrected chi connectivity index (χ0v) is 14.5. The van der Waals surface area contributed by atoms with Crippen LogP contribution in [0.2, 0.25) is 0 Å². The third kappa shape index (κ3) is 4.97. The van der Waals surface area contributed by atoms with Crippen molar-refractivity contribution in [3.8, 4) is 5.75 Å². The standard InChI is InChI=1S/C20H24N2O3/c1-24-19-4-2-3-17(15-19)21-20(23)10-7-16-5-8-18(9-6-16)22-11-13-25-14-12-22/h2-6,8-9,15H,7,10-14H2,1H3,(H,21,23). The molecule has 25 heavy (non-hydrogen) atoms. The molecule has 5 nitrogen and oxygen atoms in total. The Morgan fingerprint density at radius 3 is 2.64 bits per heavy atom. The summed E-state index contributed by atoms with van der Waals surface area (Å²) in [6, 6.07) is 15.8. The Kier molecular flexibility index (Phi) is 5.90. The second-order valence-corrected chi connectivity index (χ2v) is 6.05. The van der Waals surface area contributed by atoms with Gasteiger partial charge >= 0.3 is 0 Å². The number of ether oxygens (including phenoxy) is 2. The predicted molar refractivity (Wildman–Crippen MR) is 99.4 cm³/mol. The van der Waals surface area contributed by atoms with Crippen LogP contribution in [0.4, 0.5) is 11.4 Å². The SMILES string of the molecule is COc1cccc(NC(=O)CCc2ccc(N3CCOCC3)cc2)c1. The average molecular weight is 340 g/mol. The minimum absolute atomic E-state index is 0.00510. The fraction of sp³-hybridized carbons (Fsp3) is 0.350. The lowest BCUT2D eigenvalue weighted by Crippen LogP contribution is -2.36. The molecule has 0 aliphatic carbocycles. The first kappa shape index (κ1) is 17.3. The molecule has 0 aromatic heterocycles. The number of carbonyl (C=O) groups is 1. The summed E-state index contributed by atoms with van der Waals surface area (Å²) in [5.41, 5.74) is 3.14. The van der Waals surface area contributed by atoms with Crippen LogP contribution in [-0.2, 0) is 16.0 Å². The summed E-state index contributed by atoms with van der Waals surface area (Å²) in [4.78, 5) is 14.4. The van der Waals surface area contributed by atoms with E-state index in [-0.39, 0.29) is 5.91 Å². The molecule has 1 fully saturated rings. The summed E-state index contributed by atoms with van der Waals surface area (Å²) in [7, 11) is 1.61. The number of morpholine rings is 1. The van der Waals surface area contributed by atoms with Gasteiger partial charge in [0.05, 0.1) is 20.3 Å². The highest BCUT2D eigenvalue weighted by molar-refractivity contribution is 5.91. The Morgan fingerprint density at radius 2 is 1.92 bits per heavy atom. The highest BCUT2D eigenvalue weighted by Gasteiger charge is 2.11. The number of aryl methyl sites for hydroxylation is 1. The molecule has 5 heteroatoms. The van der Waals surface area contributed by atoms with Gasteiger partial charge in [-0.2, -0.15) is 0 Å². The molecule has 1 amide bonds. The maximum absolute atomic E-state index is 12.1. The molecule has 0 bridgehead atoms. The van der Waals surface area contributed by atoms with Gasteiger partial charge in [-0.3, -0.25) is 4.79 Å². The van der Waals surface area contributed by atoms with Crippen molar-refractivity contribution in [1.29, 1.82) is 0 Å². The lowest BCUT2D eigenvalue weighted by molar-refractivity contribution is -0.116. The van der Waals surface area contributed by atoms with Crippen molar-refractivity contribution in [3.05, 3.63) is 54.1 Å². The molecule has 3 rings (SSSR count). The number of benzene rings is 2. The van der Waals surface area contributed by atoms with E-state index in [0.717, 1.165) is 49.7 Å². The molecular weight excluding hydrogens is 316 g/mol. The van der Waals surface area contributed by atoms with Crippen molar-refractivity contribution in [2.45, 2.75) is 12.8 Å². The first-order valence-electron chi connectivity index (χ1n) is 8.60. The average Bonchev–Trinajstić information content (AvgIpc) is 2.67. The molecule has 2 aromatic rings. The lowest BCUT2D eigenvalue weighted by atomic mass is 10.1. The van der Waals surface area contributed by atoms with E-state index < -0.39 is 0 Å². The van der Waals surface area contributed by atoms with Crippen LogP contribution < -0.4 is 15.0 Å². The van der Waals surface area contributed by atoms with Crippen LogP contribution in [0.15, 0.2) is 48.5 Å². The molecule has 0 atom stereocenters. The van der Waals surface area contributed by atoms with Crippen molar-refractivity contribution in [3.63, 3.8) is 0 Å². The molecule has 0 saturated carbocycles. The van der Waals surface area contributed by atoms with Crippen LogP contribution in [-0.4, -0.2) is 39.3 Å². The Bertz CT molecular complexity index is 694. The Balaban J connectivity index is 1.49. The minimum Gasteiger partial charge on any atom is -0.497 e. The minimum atomic E-state index is 0.00510. The summed E-state index contributed by atoms with van der Waals surface area (Å²) in [6.07, 6.45) is 1.17. The van der Waals surface area contributed by atoms with Crippen molar-refractivity contribution < 1.29 is 14.3 Å². The fourth-order valence-electron chi connectivity index (χ4n) is 2.88. The second kappa shape index (κ2) is 8.53. The van der Waals surface area contributed by atoms with Gasteiger partial charge in [0.25, 0.3) is 0 Å². The summed E-state index contributed by atoms with van der Waals surface area (Å²) >= 11 is 0. The maximum Gasteiger partial charge on any atom is 0.224 e. The molecule has 1 aliphatic heterocycles. The Hall–Kier alpha value is -2.53. The highest BCUT2D eigenvalue weighted by Crippen LogP contribution is 2.19. The first-order chi connectivity index (χ1) is 12.2. The summed E-state index contributed by atoms with van der Waals surface area (Å²) in [5.74, 6) is 0.738. The molecule has 1 heterocycles. The highest BCUT2D eigenvalue weighted by atomic mass is 16.5. The topological polar surface area (TPSA) is 50.8 Å². The third-order valence-electron chi connectivity index (χ3n) is 4.31. The zero-order chi connectivity index (χ0) is 17.5. The zero-order valence-electron chi connectivity index (χ0n) is 14.5. The number of nitrogens with one attached hydrogen (secondary N) is 1. The van der Waals surface area contributed by atoms with Crippen molar-refractivity contribution in [2.24, 2.45) is 0 Å². The molecule has 1 aliphatic rings. The quantitative estimate of drug-likeness (QED) is 0.878. The van der Waals surface area contributed by atoms with Gasteiger partial charge in [0.1, 0.15) is 5.75 Å². The number of rotatable bonds is 6. The van der Waals surface area contributed by atoms with Gasteiger partial charge in [0, 0.05) is 37.0 Å². The van der Waals surface area contributed by atoms with Crippen LogP contribution in [0.3, 0.4) is 0 Å². The summed E-state index contributed by atoms with van der Waals surface area (Å²) < 4.78 is 10.5. The van der Waals surface area contributed by atoms with Crippen LogP contribution in [0.1, 0.15) is 12.0 Å². The van der Waals surface area contributed by atoms with E-state index in [1.807, 2.05) is 24.3 Å². The van der Waals surface area contributed by atoms with Gasteiger partial charge in [-0.15, -0.1) is 0 Å². The Labute approximate surface area is 148 Å². The molecule has 0 radical (unpaired) electrons. The third-order valence-corrected chi connectivity index (χ3v) is 4.31. The molecular formula is C20H24N2O3. The van der Waals surface area contributed by atoms with Crippen LogP contribution in [0, 0.1) is 0 Å². The number of nitrogens with zero attached hydrogens (tertiary/aromatic N) is 1. The van der Waals surface area contributed by atoms with Crippen LogP contribution >= 0.6 is 0 Å². The molecule has 132 valence electrons. The first-order valence-corrected chi connectivity index (χ1v) is 8.60. The van der Waals surface area contributed by atoms with Crippen molar-refractivity contribution in [1.82, 2.24) is 0 Å². The largest absolute Gasteiger partial charge is 0.497 e. The smallest absolute Gasteiger partial charge is 0.224 e. The molecule has 2 aromatic carbocycles. The van der Waals surface area contributed by atoms with E-state index in [1.54, 1.807) is 7.11 Å². The van der Waals surface area contributed by atoms with Crippen molar-refractivity contribution >= 4 is 17.3 Å². The Morgan fingerprint density at radius 1 is 1.16 bits per heavy atom.